The third kappa shape index (κ3) is 4.99. The lowest BCUT2D eigenvalue weighted by atomic mass is 10.1. The van der Waals surface area contributed by atoms with Gasteiger partial charge in [-0.1, -0.05) is 72.4 Å². The lowest BCUT2D eigenvalue weighted by molar-refractivity contribution is -0.115. The number of carbonyl (C=O) groups is 1. The number of hydrogen-bond acceptors (Lipinski definition) is 5. The highest BCUT2D eigenvalue weighted by atomic mass is 32.2. The zero-order valence-electron chi connectivity index (χ0n) is 18.9. The quantitative estimate of drug-likeness (QED) is 0.303. The highest BCUT2D eigenvalue weighted by Crippen LogP contribution is 2.42. The van der Waals surface area contributed by atoms with E-state index in [9.17, 15) is 4.79 Å². The van der Waals surface area contributed by atoms with Crippen LogP contribution in [0.5, 0.6) is 5.75 Å². The number of anilines is 1. The van der Waals surface area contributed by atoms with E-state index in [2.05, 4.69) is 5.32 Å². The molecule has 1 aliphatic rings. The minimum atomic E-state index is -0.519. The van der Waals surface area contributed by atoms with Gasteiger partial charge in [0, 0.05) is 5.92 Å². The normalized spacial score (nSPS) is 13.9. The maximum Gasteiger partial charge on any atom is 0.242 e. The highest BCUT2D eigenvalue weighted by molar-refractivity contribution is 8.00. The van der Waals surface area contributed by atoms with Gasteiger partial charge in [0.05, 0.1) is 18.0 Å². The van der Waals surface area contributed by atoms with Crippen LogP contribution in [0, 0.1) is 0 Å². The molecule has 1 aliphatic carbocycles. The van der Waals surface area contributed by atoms with Crippen molar-refractivity contribution in [3.63, 3.8) is 0 Å². The molecule has 0 spiro atoms. The van der Waals surface area contributed by atoms with Crippen LogP contribution >= 0.6 is 11.8 Å². The number of ether oxygens (including phenoxy) is 1. The monoisotopic (exact) mass is 470 g/mol. The molecule has 1 amide bonds. The first-order valence-electron chi connectivity index (χ1n) is 11.5. The number of nitrogens with one attached hydrogen (secondary N) is 1. The van der Waals surface area contributed by atoms with Crippen molar-refractivity contribution in [1.29, 1.82) is 0 Å². The standard InChI is InChI=1S/C27H26N4O2S/c1-2-33-23-16-10-9-15-22(23)28-26(32)24(19-11-5-3-6-12-19)34-27-29-25(20-17-18-20)31(30-27)21-13-7-4-8-14-21/h3-16,20,24H,2,17-18H2,1H3,(H,28,32). The number of rotatable bonds is 9. The molecule has 6 nitrogen and oxygen atoms in total. The van der Waals surface area contributed by atoms with Crippen LogP contribution in [-0.2, 0) is 4.79 Å². The van der Waals surface area contributed by atoms with Crippen LogP contribution in [0.4, 0.5) is 5.69 Å². The van der Waals surface area contributed by atoms with Gasteiger partial charge < -0.3 is 10.1 Å². The summed E-state index contributed by atoms with van der Waals surface area (Å²) >= 11 is 1.37. The number of carbonyl (C=O) groups excluding carboxylic acids is 1. The van der Waals surface area contributed by atoms with Gasteiger partial charge in [-0.2, -0.15) is 0 Å². The summed E-state index contributed by atoms with van der Waals surface area (Å²) in [5, 5.41) is 7.93. The maximum absolute atomic E-state index is 13.5. The maximum atomic E-state index is 13.5. The molecule has 172 valence electrons. The molecule has 4 aromatic rings. The first-order chi connectivity index (χ1) is 16.7. The average molecular weight is 471 g/mol. The van der Waals surface area contributed by atoms with Crippen molar-refractivity contribution in [2.45, 2.75) is 36.1 Å². The number of para-hydroxylation sites is 3. The minimum absolute atomic E-state index is 0.146. The molecule has 0 radical (unpaired) electrons. The Hall–Kier alpha value is -3.58. The first kappa shape index (κ1) is 22.2. The molecule has 1 N–H and O–H groups in total. The highest BCUT2D eigenvalue weighted by Gasteiger charge is 2.32. The van der Waals surface area contributed by atoms with Gasteiger partial charge in [-0.25, -0.2) is 9.67 Å². The molecule has 3 aromatic carbocycles. The summed E-state index contributed by atoms with van der Waals surface area (Å²) in [5.41, 5.74) is 2.52. The molecular weight excluding hydrogens is 444 g/mol. The van der Waals surface area contributed by atoms with Gasteiger partial charge in [0.15, 0.2) is 0 Å². The smallest absolute Gasteiger partial charge is 0.242 e. The zero-order valence-corrected chi connectivity index (χ0v) is 19.7. The second-order valence-electron chi connectivity index (χ2n) is 8.10. The van der Waals surface area contributed by atoms with Gasteiger partial charge in [-0.3, -0.25) is 4.79 Å². The molecule has 0 aliphatic heterocycles. The van der Waals surface area contributed by atoms with E-state index in [0.29, 0.717) is 29.1 Å². The van der Waals surface area contributed by atoms with Gasteiger partial charge in [0.25, 0.3) is 0 Å². The number of amides is 1. The first-order valence-corrected chi connectivity index (χ1v) is 12.4. The molecule has 1 heterocycles. The Morgan fingerprint density at radius 3 is 2.41 bits per heavy atom. The van der Waals surface area contributed by atoms with Crippen molar-refractivity contribution in [3.05, 3.63) is 96.3 Å². The second-order valence-corrected chi connectivity index (χ2v) is 9.17. The minimum Gasteiger partial charge on any atom is -0.492 e. The van der Waals surface area contributed by atoms with Crippen LogP contribution in [0.2, 0.25) is 0 Å². The molecule has 34 heavy (non-hydrogen) atoms. The van der Waals surface area contributed by atoms with Gasteiger partial charge in [-0.15, -0.1) is 5.10 Å². The summed E-state index contributed by atoms with van der Waals surface area (Å²) in [7, 11) is 0. The Labute approximate surface area is 203 Å². The number of benzene rings is 3. The summed E-state index contributed by atoms with van der Waals surface area (Å²) in [6, 6.07) is 27.3. The van der Waals surface area contributed by atoms with E-state index in [4.69, 9.17) is 14.8 Å². The Bertz CT molecular complexity index is 1260. The topological polar surface area (TPSA) is 69.0 Å². The van der Waals surface area contributed by atoms with Crippen LogP contribution in [0.1, 0.15) is 42.3 Å². The van der Waals surface area contributed by atoms with Crippen LogP contribution in [0.15, 0.2) is 90.1 Å². The lowest BCUT2D eigenvalue weighted by Gasteiger charge is -2.17. The van der Waals surface area contributed by atoms with E-state index in [0.717, 1.165) is 29.9 Å². The van der Waals surface area contributed by atoms with E-state index in [1.165, 1.54) is 11.8 Å². The van der Waals surface area contributed by atoms with Crippen LogP contribution < -0.4 is 10.1 Å². The van der Waals surface area contributed by atoms with Crippen LogP contribution in [-0.4, -0.2) is 27.3 Å². The predicted molar refractivity (Wildman–Crippen MR) is 135 cm³/mol. The van der Waals surface area contributed by atoms with Crippen LogP contribution in [0.3, 0.4) is 0 Å². The Kier molecular flexibility index (Phi) is 6.62. The fraction of sp³-hybridized carbons (Fsp3) is 0.222. The summed E-state index contributed by atoms with van der Waals surface area (Å²) in [5.74, 6) is 1.89. The number of thioether (sulfide) groups is 1. The van der Waals surface area contributed by atoms with Crippen molar-refractivity contribution < 1.29 is 9.53 Å². The fourth-order valence-electron chi connectivity index (χ4n) is 3.78. The largest absolute Gasteiger partial charge is 0.492 e. The molecule has 0 saturated heterocycles. The molecule has 1 aromatic heterocycles. The number of nitrogens with zero attached hydrogens (tertiary/aromatic N) is 3. The summed E-state index contributed by atoms with van der Waals surface area (Å²) < 4.78 is 7.61. The molecule has 1 saturated carbocycles. The van der Waals surface area contributed by atoms with Crippen molar-refractivity contribution >= 4 is 23.4 Å². The number of aromatic nitrogens is 3. The van der Waals surface area contributed by atoms with Gasteiger partial charge in [-0.05, 0) is 49.6 Å². The Balaban J connectivity index is 1.45. The van der Waals surface area contributed by atoms with Crippen molar-refractivity contribution in [3.8, 4) is 11.4 Å². The molecule has 1 atom stereocenters. The molecule has 7 heteroatoms. The molecule has 1 fully saturated rings. The average Bonchev–Trinajstić information content (AvgIpc) is 3.64. The zero-order chi connectivity index (χ0) is 23.3. The number of hydrogen-bond donors (Lipinski definition) is 1. The SMILES string of the molecule is CCOc1ccccc1NC(=O)C(Sc1nc(C2CC2)n(-c2ccccc2)n1)c1ccccc1. The third-order valence-electron chi connectivity index (χ3n) is 5.56. The second kappa shape index (κ2) is 10.1. The van der Waals surface area contributed by atoms with Crippen LogP contribution in [0.25, 0.3) is 5.69 Å². The predicted octanol–water partition coefficient (Wildman–Crippen LogP) is 6.02. The summed E-state index contributed by atoms with van der Waals surface area (Å²) in [4.78, 5) is 18.4. The van der Waals surface area contributed by atoms with Gasteiger partial charge in [0.1, 0.15) is 16.8 Å². The fourth-order valence-corrected chi connectivity index (χ4v) is 4.72. The van der Waals surface area contributed by atoms with Crippen molar-refractivity contribution in [1.82, 2.24) is 14.8 Å². The molecule has 1 unspecified atom stereocenters. The lowest BCUT2D eigenvalue weighted by Crippen LogP contribution is -2.19. The van der Waals surface area contributed by atoms with Crippen molar-refractivity contribution in [2.75, 3.05) is 11.9 Å². The van der Waals surface area contributed by atoms with E-state index in [1.807, 2.05) is 96.5 Å². The van der Waals surface area contributed by atoms with E-state index in [1.54, 1.807) is 0 Å². The van der Waals surface area contributed by atoms with E-state index < -0.39 is 5.25 Å². The third-order valence-corrected chi connectivity index (χ3v) is 6.67. The summed E-state index contributed by atoms with van der Waals surface area (Å²) in [6.07, 6.45) is 2.24. The van der Waals surface area contributed by atoms with Gasteiger partial charge in [0.2, 0.25) is 11.1 Å². The molecule has 5 rings (SSSR count). The Morgan fingerprint density at radius 2 is 1.71 bits per heavy atom. The van der Waals surface area contributed by atoms with E-state index in [-0.39, 0.29) is 5.91 Å². The van der Waals surface area contributed by atoms with Crippen molar-refractivity contribution in [2.24, 2.45) is 0 Å². The Morgan fingerprint density at radius 1 is 1.03 bits per heavy atom. The van der Waals surface area contributed by atoms with Gasteiger partial charge >= 0.3 is 0 Å². The molecular formula is C27H26N4O2S. The summed E-state index contributed by atoms with van der Waals surface area (Å²) in [6.45, 7) is 2.45. The molecule has 0 bridgehead atoms. The van der Waals surface area contributed by atoms with E-state index >= 15 is 0 Å².